The second kappa shape index (κ2) is 12.1. The fourth-order valence-electron chi connectivity index (χ4n) is 3.20. The molecule has 168 valence electrons. The van der Waals surface area contributed by atoms with Crippen LogP contribution in [-0.4, -0.2) is 29.3 Å². The minimum Gasteiger partial charge on any atom is -0.354 e. The molecule has 2 amide bonds. The van der Waals surface area contributed by atoms with Gasteiger partial charge in [-0.2, -0.15) is 0 Å². The van der Waals surface area contributed by atoms with Crippen molar-refractivity contribution < 1.29 is 9.59 Å². The molecule has 0 radical (unpaired) electrons. The van der Waals surface area contributed by atoms with Gasteiger partial charge in [-0.25, -0.2) is 0 Å². The number of nitrogens with one attached hydrogen (secondary N) is 1. The van der Waals surface area contributed by atoms with Crippen molar-refractivity contribution in [3.05, 3.63) is 69.2 Å². The maximum Gasteiger partial charge on any atom is 0.242 e. The Kier molecular flexibility index (Phi) is 9.86. The average Bonchev–Trinajstić information content (AvgIpc) is 2.75. The molecule has 4 nitrogen and oxygen atoms in total. The number of carbonyl (C=O) groups is 2. The van der Waals surface area contributed by atoms with Gasteiger partial charge in [0.15, 0.2) is 0 Å². The summed E-state index contributed by atoms with van der Waals surface area (Å²) in [6, 6.07) is 12.9. The molecule has 0 spiro atoms. The highest BCUT2D eigenvalue weighted by molar-refractivity contribution is 6.35. The zero-order valence-electron chi connectivity index (χ0n) is 18.8. The van der Waals surface area contributed by atoms with E-state index in [0.29, 0.717) is 35.3 Å². The lowest BCUT2D eigenvalue weighted by Gasteiger charge is -2.29. The summed E-state index contributed by atoms with van der Waals surface area (Å²) in [5, 5.41) is 3.94. The van der Waals surface area contributed by atoms with Crippen LogP contribution in [0.25, 0.3) is 0 Å². The lowest BCUT2D eigenvalue weighted by molar-refractivity contribution is -0.140. The molecule has 1 atom stereocenters. The van der Waals surface area contributed by atoms with Gasteiger partial charge in [-0.05, 0) is 54.5 Å². The van der Waals surface area contributed by atoms with Gasteiger partial charge in [0, 0.05) is 29.6 Å². The van der Waals surface area contributed by atoms with Gasteiger partial charge >= 0.3 is 0 Å². The molecule has 0 aliphatic rings. The van der Waals surface area contributed by atoms with E-state index in [2.05, 4.69) is 36.5 Å². The molecular weight excluding hydrogens is 431 g/mol. The Balaban J connectivity index is 2.15. The minimum absolute atomic E-state index is 0.0854. The van der Waals surface area contributed by atoms with Crippen molar-refractivity contribution >= 4 is 35.0 Å². The van der Waals surface area contributed by atoms with Crippen molar-refractivity contribution in [3.63, 3.8) is 0 Å². The molecule has 0 fully saturated rings. The first-order chi connectivity index (χ1) is 14.7. The fraction of sp³-hybridized carbons (Fsp3) is 0.440. The Morgan fingerprint density at radius 2 is 1.65 bits per heavy atom. The van der Waals surface area contributed by atoms with Gasteiger partial charge in [0.05, 0.1) is 0 Å². The smallest absolute Gasteiger partial charge is 0.242 e. The maximum atomic E-state index is 13.2. The van der Waals surface area contributed by atoms with Gasteiger partial charge in [0.2, 0.25) is 11.8 Å². The van der Waals surface area contributed by atoms with Crippen LogP contribution >= 0.6 is 23.2 Å². The predicted octanol–water partition coefficient (Wildman–Crippen LogP) is 5.68. The van der Waals surface area contributed by atoms with Crippen LogP contribution < -0.4 is 5.32 Å². The van der Waals surface area contributed by atoms with E-state index in [1.807, 2.05) is 13.8 Å². The molecule has 0 saturated heterocycles. The molecule has 0 unspecified atom stereocenters. The third-order valence-corrected chi connectivity index (χ3v) is 5.85. The number of rotatable bonds is 10. The number of carbonyl (C=O) groups excluding carboxylic acids is 2. The number of hydrogen-bond acceptors (Lipinski definition) is 2. The summed E-state index contributed by atoms with van der Waals surface area (Å²) in [5.74, 6) is 0.0781. The first-order valence-corrected chi connectivity index (χ1v) is 11.6. The first kappa shape index (κ1) is 25.2. The van der Waals surface area contributed by atoms with E-state index in [0.717, 1.165) is 17.5 Å². The summed E-state index contributed by atoms with van der Waals surface area (Å²) in [6.45, 7) is 8.75. The van der Waals surface area contributed by atoms with Gasteiger partial charge in [0.1, 0.15) is 6.04 Å². The van der Waals surface area contributed by atoms with Crippen molar-refractivity contribution in [2.24, 2.45) is 5.92 Å². The zero-order chi connectivity index (χ0) is 23.0. The van der Waals surface area contributed by atoms with Crippen molar-refractivity contribution in [2.45, 2.75) is 59.5 Å². The van der Waals surface area contributed by atoms with E-state index in [-0.39, 0.29) is 18.4 Å². The molecule has 0 saturated carbocycles. The molecule has 0 bridgehead atoms. The average molecular weight is 463 g/mol. The second-order valence-electron chi connectivity index (χ2n) is 8.24. The SMILES string of the molecule is CCc1ccc(CCC(=O)N(Cc2ccc(Cl)cc2Cl)[C@H](C)C(=O)NCC(C)C)cc1. The van der Waals surface area contributed by atoms with E-state index < -0.39 is 6.04 Å². The van der Waals surface area contributed by atoms with Gasteiger partial charge in [0.25, 0.3) is 0 Å². The maximum absolute atomic E-state index is 13.2. The van der Waals surface area contributed by atoms with Crippen LogP contribution in [-0.2, 0) is 29.0 Å². The van der Waals surface area contributed by atoms with E-state index in [9.17, 15) is 9.59 Å². The predicted molar refractivity (Wildman–Crippen MR) is 128 cm³/mol. The summed E-state index contributed by atoms with van der Waals surface area (Å²) in [5.41, 5.74) is 3.13. The molecule has 0 aliphatic carbocycles. The Labute approximate surface area is 195 Å². The highest BCUT2D eigenvalue weighted by atomic mass is 35.5. The molecular formula is C25H32Cl2N2O2. The molecule has 2 rings (SSSR count). The van der Waals surface area contributed by atoms with Crippen LogP contribution in [0.15, 0.2) is 42.5 Å². The van der Waals surface area contributed by atoms with Crippen molar-refractivity contribution in [1.82, 2.24) is 10.2 Å². The van der Waals surface area contributed by atoms with Gasteiger partial charge in [-0.15, -0.1) is 0 Å². The monoisotopic (exact) mass is 462 g/mol. The van der Waals surface area contributed by atoms with E-state index in [1.54, 1.807) is 30.0 Å². The summed E-state index contributed by atoms with van der Waals surface area (Å²) < 4.78 is 0. The highest BCUT2D eigenvalue weighted by Crippen LogP contribution is 2.23. The minimum atomic E-state index is -0.611. The van der Waals surface area contributed by atoms with E-state index in [4.69, 9.17) is 23.2 Å². The molecule has 6 heteroatoms. The zero-order valence-corrected chi connectivity index (χ0v) is 20.3. The van der Waals surface area contributed by atoms with Gasteiger partial charge in [-0.1, -0.05) is 74.3 Å². The lowest BCUT2D eigenvalue weighted by atomic mass is 10.0. The van der Waals surface area contributed by atoms with Crippen molar-refractivity contribution in [2.75, 3.05) is 6.54 Å². The molecule has 0 heterocycles. The Hall–Kier alpha value is -2.04. The second-order valence-corrected chi connectivity index (χ2v) is 9.09. The van der Waals surface area contributed by atoms with Crippen LogP contribution in [0.2, 0.25) is 10.0 Å². The quantitative estimate of drug-likeness (QED) is 0.493. The number of aryl methyl sites for hydroxylation is 2. The summed E-state index contributed by atoms with van der Waals surface area (Å²) in [6.07, 6.45) is 1.92. The van der Waals surface area contributed by atoms with Crippen LogP contribution in [0.3, 0.4) is 0 Å². The third-order valence-electron chi connectivity index (χ3n) is 5.27. The van der Waals surface area contributed by atoms with E-state index in [1.165, 1.54) is 5.56 Å². The lowest BCUT2D eigenvalue weighted by Crippen LogP contribution is -2.48. The molecule has 0 aromatic heterocycles. The number of halogens is 2. The summed E-state index contributed by atoms with van der Waals surface area (Å²) in [4.78, 5) is 27.5. The standard InChI is InChI=1S/C25H32Cl2N2O2/c1-5-19-6-8-20(9-7-19)10-13-24(30)29(18(4)25(31)28-15-17(2)3)16-21-11-12-22(26)14-23(21)27/h6-9,11-12,14,17-18H,5,10,13,15-16H2,1-4H3,(H,28,31)/t18-/m1/s1. The van der Waals surface area contributed by atoms with Crippen LogP contribution in [0, 0.1) is 5.92 Å². The molecule has 2 aromatic carbocycles. The van der Waals surface area contributed by atoms with Crippen LogP contribution in [0.1, 0.15) is 50.8 Å². The molecule has 0 aliphatic heterocycles. The van der Waals surface area contributed by atoms with Gasteiger partial charge in [-0.3, -0.25) is 9.59 Å². The Morgan fingerprint density at radius 1 is 1.00 bits per heavy atom. The number of hydrogen-bond donors (Lipinski definition) is 1. The molecule has 2 aromatic rings. The summed E-state index contributed by atoms with van der Waals surface area (Å²) >= 11 is 12.4. The first-order valence-electron chi connectivity index (χ1n) is 10.8. The van der Waals surface area contributed by atoms with Crippen LogP contribution in [0.4, 0.5) is 0 Å². The highest BCUT2D eigenvalue weighted by Gasteiger charge is 2.26. The van der Waals surface area contributed by atoms with Crippen LogP contribution in [0.5, 0.6) is 0 Å². The number of nitrogens with zero attached hydrogens (tertiary/aromatic N) is 1. The number of amides is 2. The van der Waals surface area contributed by atoms with Gasteiger partial charge < -0.3 is 10.2 Å². The van der Waals surface area contributed by atoms with E-state index >= 15 is 0 Å². The number of benzene rings is 2. The Morgan fingerprint density at radius 3 is 2.23 bits per heavy atom. The third kappa shape index (κ3) is 7.86. The topological polar surface area (TPSA) is 49.4 Å². The molecule has 31 heavy (non-hydrogen) atoms. The largest absolute Gasteiger partial charge is 0.354 e. The van der Waals surface area contributed by atoms with Crippen molar-refractivity contribution in [1.29, 1.82) is 0 Å². The molecule has 1 N–H and O–H groups in total. The Bertz CT molecular complexity index is 882. The normalized spacial score (nSPS) is 12.0. The van der Waals surface area contributed by atoms with Crippen molar-refractivity contribution in [3.8, 4) is 0 Å². The fourth-order valence-corrected chi connectivity index (χ4v) is 3.67. The summed E-state index contributed by atoms with van der Waals surface area (Å²) in [7, 11) is 0.